The molecule has 1 aromatic carbocycles. The van der Waals surface area contributed by atoms with Gasteiger partial charge in [-0.3, -0.25) is 4.90 Å². The van der Waals surface area contributed by atoms with E-state index < -0.39 is 0 Å². The van der Waals surface area contributed by atoms with E-state index >= 15 is 0 Å². The summed E-state index contributed by atoms with van der Waals surface area (Å²) in [6, 6.07) is 12.3. The minimum absolute atomic E-state index is 0.720. The zero-order valence-electron chi connectivity index (χ0n) is 12.0. The number of benzene rings is 1. The van der Waals surface area contributed by atoms with E-state index in [9.17, 15) is 0 Å². The van der Waals surface area contributed by atoms with E-state index in [1.165, 1.54) is 5.56 Å². The SMILES string of the molecule is CN(Cc1ccno1)Cc1nccn1Cc1ccccc1. The van der Waals surface area contributed by atoms with Gasteiger partial charge >= 0.3 is 0 Å². The molecule has 0 radical (unpaired) electrons. The van der Waals surface area contributed by atoms with E-state index in [4.69, 9.17) is 4.52 Å². The predicted octanol–water partition coefficient (Wildman–Crippen LogP) is 2.55. The maximum atomic E-state index is 5.13. The second kappa shape index (κ2) is 6.37. The Morgan fingerprint density at radius 1 is 1.10 bits per heavy atom. The molecule has 0 amide bonds. The number of nitrogens with zero attached hydrogens (tertiary/aromatic N) is 4. The van der Waals surface area contributed by atoms with Crippen LogP contribution in [0.3, 0.4) is 0 Å². The van der Waals surface area contributed by atoms with E-state index in [0.29, 0.717) is 0 Å². The van der Waals surface area contributed by atoms with Crippen LogP contribution >= 0.6 is 0 Å². The average molecular weight is 282 g/mol. The summed E-state index contributed by atoms with van der Waals surface area (Å²) in [5.74, 6) is 1.90. The van der Waals surface area contributed by atoms with Crippen LogP contribution in [0.15, 0.2) is 59.5 Å². The lowest BCUT2D eigenvalue weighted by molar-refractivity contribution is 0.259. The largest absolute Gasteiger partial charge is 0.360 e. The van der Waals surface area contributed by atoms with Gasteiger partial charge in [0, 0.05) is 25.0 Å². The van der Waals surface area contributed by atoms with Crippen molar-refractivity contribution in [2.24, 2.45) is 0 Å². The molecule has 0 aliphatic heterocycles. The number of imidazole rings is 1. The molecule has 0 unspecified atom stereocenters. The normalized spacial score (nSPS) is 11.1. The quantitative estimate of drug-likeness (QED) is 0.697. The van der Waals surface area contributed by atoms with E-state index in [0.717, 1.165) is 31.2 Å². The molecule has 21 heavy (non-hydrogen) atoms. The summed E-state index contributed by atoms with van der Waals surface area (Å²) < 4.78 is 7.30. The Balaban J connectivity index is 1.65. The van der Waals surface area contributed by atoms with Gasteiger partial charge in [0.05, 0.1) is 19.3 Å². The van der Waals surface area contributed by atoms with Crippen LogP contribution in [-0.2, 0) is 19.6 Å². The van der Waals surface area contributed by atoms with Gasteiger partial charge in [-0.15, -0.1) is 0 Å². The highest BCUT2D eigenvalue weighted by Crippen LogP contribution is 2.09. The van der Waals surface area contributed by atoms with Crippen LogP contribution in [-0.4, -0.2) is 26.7 Å². The minimum Gasteiger partial charge on any atom is -0.360 e. The molecule has 3 aromatic rings. The molecule has 0 spiro atoms. The van der Waals surface area contributed by atoms with Crippen LogP contribution in [0.25, 0.3) is 0 Å². The average Bonchev–Trinajstić information content (AvgIpc) is 3.13. The lowest BCUT2D eigenvalue weighted by Gasteiger charge is -2.15. The zero-order chi connectivity index (χ0) is 14.5. The number of rotatable bonds is 6. The molecule has 0 aliphatic rings. The zero-order valence-corrected chi connectivity index (χ0v) is 12.0. The first-order valence-corrected chi connectivity index (χ1v) is 6.93. The second-order valence-electron chi connectivity index (χ2n) is 5.11. The summed E-state index contributed by atoms with van der Waals surface area (Å²) in [5.41, 5.74) is 1.27. The van der Waals surface area contributed by atoms with Crippen molar-refractivity contribution in [3.8, 4) is 0 Å². The molecule has 0 fully saturated rings. The van der Waals surface area contributed by atoms with Crippen molar-refractivity contribution in [3.05, 3.63) is 72.1 Å². The van der Waals surface area contributed by atoms with Crippen LogP contribution in [0.4, 0.5) is 0 Å². The molecule has 3 rings (SSSR count). The lowest BCUT2D eigenvalue weighted by atomic mass is 10.2. The van der Waals surface area contributed by atoms with Crippen molar-refractivity contribution in [1.82, 2.24) is 19.6 Å². The van der Waals surface area contributed by atoms with Gasteiger partial charge in [0.25, 0.3) is 0 Å². The smallest absolute Gasteiger partial charge is 0.150 e. The molecule has 0 saturated heterocycles. The van der Waals surface area contributed by atoms with Crippen LogP contribution in [0.5, 0.6) is 0 Å². The van der Waals surface area contributed by atoms with Crippen molar-refractivity contribution in [1.29, 1.82) is 0 Å². The Bertz CT molecular complexity index is 661. The third-order valence-electron chi connectivity index (χ3n) is 3.33. The third kappa shape index (κ3) is 3.58. The molecule has 0 N–H and O–H groups in total. The molecule has 0 saturated carbocycles. The van der Waals surface area contributed by atoms with E-state index in [1.807, 2.05) is 31.6 Å². The Labute approximate surface area is 123 Å². The first-order valence-electron chi connectivity index (χ1n) is 6.93. The van der Waals surface area contributed by atoms with Crippen LogP contribution in [0.2, 0.25) is 0 Å². The Hall–Kier alpha value is -2.40. The molecule has 5 nitrogen and oxygen atoms in total. The Morgan fingerprint density at radius 2 is 1.95 bits per heavy atom. The number of hydrogen-bond acceptors (Lipinski definition) is 4. The van der Waals surface area contributed by atoms with Gasteiger partial charge in [-0.2, -0.15) is 0 Å². The van der Waals surface area contributed by atoms with Crippen LogP contribution in [0, 0.1) is 0 Å². The predicted molar refractivity (Wildman–Crippen MR) is 79.4 cm³/mol. The van der Waals surface area contributed by atoms with Crippen molar-refractivity contribution < 1.29 is 4.52 Å². The van der Waals surface area contributed by atoms with Gasteiger partial charge in [0.15, 0.2) is 5.76 Å². The first-order chi connectivity index (χ1) is 10.3. The fourth-order valence-electron chi connectivity index (χ4n) is 2.30. The van der Waals surface area contributed by atoms with Crippen molar-refractivity contribution >= 4 is 0 Å². The Kier molecular flexibility index (Phi) is 4.12. The van der Waals surface area contributed by atoms with Gasteiger partial charge in [0.2, 0.25) is 0 Å². The summed E-state index contributed by atoms with van der Waals surface area (Å²) >= 11 is 0. The summed E-state index contributed by atoms with van der Waals surface area (Å²) in [5, 5.41) is 3.72. The number of hydrogen-bond donors (Lipinski definition) is 0. The standard InChI is InChI=1S/C16H18N4O/c1-19(12-15-7-8-18-21-15)13-16-17-9-10-20(16)11-14-5-3-2-4-6-14/h2-10H,11-13H2,1H3. The molecule has 5 heteroatoms. The van der Waals surface area contributed by atoms with Gasteiger partial charge in [-0.25, -0.2) is 4.98 Å². The van der Waals surface area contributed by atoms with E-state index in [-0.39, 0.29) is 0 Å². The lowest BCUT2D eigenvalue weighted by Crippen LogP contribution is -2.20. The molecule has 0 atom stereocenters. The van der Waals surface area contributed by atoms with Crippen LogP contribution < -0.4 is 0 Å². The van der Waals surface area contributed by atoms with Gasteiger partial charge in [-0.1, -0.05) is 35.5 Å². The molecule has 2 aromatic heterocycles. The highest BCUT2D eigenvalue weighted by molar-refractivity contribution is 5.15. The van der Waals surface area contributed by atoms with Crippen molar-refractivity contribution in [3.63, 3.8) is 0 Å². The monoisotopic (exact) mass is 282 g/mol. The fourth-order valence-corrected chi connectivity index (χ4v) is 2.30. The highest BCUT2D eigenvalue weighted by atomic mass is 16.5. The molecule has 0 aliphatic carbocycles. The van der Waals surface area contributed by atoms with Gasteiger partial charge in [-0.05, 0) is 12.6 Å². The first kappa shape index (κ1) is 13.6. The highest BCUT2D eigenvalue weighted by Gasteiger charge is 2.09. The summed E-state index contributed by atoms with van der Waals surface area (Å²) in [6.07, 6.45) is 5.53. The van der Waals surface area contributed by atoms with Gasteiger partial charge in [0.1, 0.15) is 5.82 Å². The van der Waals surface area contributed by atoms with E-state index in [2.05, 4.69) is 43.9 Å². The summed E-state index contributed by atoms with van der Waals surface area (Å²) in [6.45, 7) is 2.32. The summed E-state index contributed by atoms with van der Waals surface area (Å²) in [4.78, 5) is 6.61. The maximum absolute atomic E-state index is 5.13. The fraction of sp³-hybridized carbons (Fsp3) is 0.250. The Morgan fingerprint density at radius 3 is 2.71 bits per heavy atom. The molecule has 0 bridgehead atoms. The van der Waals surface area contributed by atoms with Crippen molar-refractivity contribution in [2.45, 2.75) is 19.6 Å². The second-order valence-corrected chi connectivity index (χ2v) is 5.11. The summed E-state index contributed by atoms with van der Waals surface area (Å²) in [7, 11) is 2.05. The van der Waals surface area contributed by atoms with Crippen molar-refractivity contribution in [2.75, 3.05) is 7.05 Å². The topological polar surface area (TPSA) is 47.1 Å². The minimum atomic E-state index is 0.720. The third-order valence-corrected chi connectivity index (χ3v) is 3.33. The molecular formula is C16H18N4O. The molecular weight excluding hydrogens is 264 g/mol. The number of aromatic nitrogens is 3. The van der Waals surface area contributed by atoms with Gasteiger partial charge < -0.3 is 9.09 Å². The maximum Gasteiger partial charge on any atom is 0.150 e. The van der Waals surface area contributed by atoms with Crippen LogP contribution in [0.1, 0.15) is 17.1 Å². The van der Waals surface area contributed by atoms with E-state index in [1.54, 1.807) is 6.20 Å². The molecule has 108 valence electrons. The molecule has 2 heterocycles.